The Bertz CT molecular complexity index is 836. The first-order valence-corrected chi connectivity index (χ1v) is 11.0. The molecule has 0 bridgehead atoms. The Balaban J connectivity index is 2.01. The highest BCUT2D eigenvalue weighted by atomic mass is 35.5. The van der Waals surface area contributed by atoms with E-state index in [1.165, 1.54) is 11.0 Å². The molecule has 1 unspecified atom stereocenters. The summed E-state index contributed by atoms with van der Waals surface area (Å²) in [5, 5.41) is 19.5. The minimum absolute atomic E-state index is 0.0119. The average Bonchev–Trinajstić information content (AvgIpc) is 2.89. The lowest BCUT2D eigenvalue weighted by Crippen LogP contribution is -2.50. The van der Waals surface area contributed by atoms with Crippen LogP contribution in [-0.4, -0.2) is 61.6 Å². The van der Waals surface area contributed by atoms with Crippen LogP contribution in [0.1, 0.15) is 32.8 Å². The smallest absolute Gasteiger partial charge is 0.412 e. The zero-order valence-corrected chi connectivity index (χ0v) is 17.7. The van der Waals surface area contributed by atoms with E-state index < -0.39 is 22.4 Å². The Morgan fingerprint density at radius 3 is 2.61 bits per heavy atom. The third kappa shape index (κ3) is 3.75. The van der Waals surface area contributed by atoms with Crippen LogP contribution in [0.15, 0.2) is 12.1 Å². The maximum absolute atomic E-state index is 11.9. The highest BCUT2D eigenvalue weighted by Crippen LogP contribution is 2.53. The van der Waals surface area contributed by atoms with E-state index in [1.54, 1.807) is 31.1 Å². The van der Waals surface area contributed by atoms with Gasteiger partial charge in [-0.2, -0.15) is 9.57 Å². The van der Waals surface area contributed by atoms with Crippen LogP contribution < -0.4 is 9.80 Å². The molecule has 0 saturated carbocycles. The number of piperazine rings is 1. The number of carboxylic acid groups (broad SMARTS) is 1. The molecule has 28 heavy (non-hydrogen) atoms. The quantitative estimate of drug-likeness (QED) is 0.651. The van der Waals surface area contributed by atoms with Gasteiger partial charge in [-0.1, -0.05) is 11.6 Å². The maximum Gasteiger partial charge on any atom is 0.412 e. The summed E-state index contributed by atoms with van der Waals surface area (Å²) >= 11 is 6.65. The van der Waals surface area contributed by atoms with Gasteiger partial charge in [0, 0.05) is 31.2 Å². The molecule has 0 spiro atoms. The number of hydrogen-bond donors (Lipinski definition) is 3. The molecule has 2 aliphatic heterocycles. The van der Waals surface area contributed by atoms with Crippen molar-refractivity contribution in [3.8, 4) is 6.07 Å². The van der Waals surface area contributed by atoms with Crippen LogP contribution in [0.5, 0.6) is 0 Å². The number of fused-ring (bicyclic) bond motifs is 1. The highest BCUT2D eigenvalue weighted by molar-refractivity contribution is 8.22. The van der Waals surface area contributed by atoms with Crippen LogP contribution in [0.2, 0.25) is 5.02 Å². The van der Waals surface area contributed by atoms with Crippen molar-refractivity contribution in [2.45, 2.75) is 38.8 Å². The van der Waals surface area contributed by atoms with E-state index in [4.69, 9.17) is 11.6 Å². The molecule has 2 fully saturated rings. The zero-order chi connectivity index (χ0) is 20.9. The Hall–Kier alpha value is -1.70. The van der Waals surface area contributed by atoms with Gasteiger partial charge in [-0.25, -0.2) is 4.79 Å². The largest absolute Gasteiger partial charge is 0.465 e. The van der Waals surface area contributed by atoms with Crippen molar-refractivity contribution in [1.82, 2.24) is 4.31 Å². The summed E-state index contributed by atoms with van der Waals surface area (Å²) in [5.41, 5.74) is 0.438. The Labute approximate surface area is 171 Å². The molecule has 8 nitrogen and oxygen atoms in total. The predicted molar refractivity (Wildman–Crippen MR) is 111 cm³/mol. The molecule has 0 radical (unpaired) electrons. The van der Waals surface area contributed by atoms with E-state index in [-0.39, 0.29) is 16.8 Å². The van der Waals surface area contributed by atoms with Crippen LogP contribution in [0.4, 0.5) is 16.2 Å². The molecule has 0 aliphatic carbocycles. The minimum Gasteiger partial charge on any atom is -0.465 e. The molecule has 3 N–H and O–H groups in total. The Morgan fingerprint density at radius 2 is 2.04 bits per heavy atom. The second-order valence-corrected chi connectivity index (χ2v) is 10.6. The summed E-state index contributed by atoms with van der Waals surface area (Å²) in [4.78, 5) is 15.1. The van der Waals surface area contributed by atoms with Crippen LogP contribution in [-0.2, 0) is 0 Å². The summed E-state index contributed by atoms with van der Waals surface area (Å²) in [5.74, 6) is 0.361. The molecule has 1 aromatic rings. The van der Waals surface area contributed by atoms with Crippen molar-refractivity contribution in [2.24, 2.45) is 0 Å². The van der Waals surface area contributed by atoms with E-state index in [0.29, 0.717) is 43.1 Å². The van der Waals surface area contributed by atoms with Crippen LogP contribution in [0.25, 0.3) is 0 Å². The fourth-order valence-corrected chi connectivity index (χ4v) is 6.05. The van der Waals surface area contributed by atoms with Gasteiger partial charge < -0.3 is 10.0 Å². The molecule has 2 heterocycles. The number of benzene rings is 1. The maximum atomic E-state index is 11.9. The fourth-order valence-electron chi connectivity index (χ4n) is 3.89. The van der Waals surface area contributed by atoms with E-state index in [2.05, 4.69) is 6.07 Å². The topological polar surface area (TPSA) is 111 Å². The van der Waals surface area contributed by atoms with Crippen molar-refractivity contribution in [3.63, 3.8) is 0 Å². The summed E-state index contributed by atoms with van der Waals surface area (Å²) in [6.45, 7) is 6.79. The number of halogens is 1. The van der Waals surface area contributed by atoms with Gasteiger partial charge in [0.25, 0.3) is 0 Å². The van der Waals surface area contributed by atoms with Crippen molar-refractivity contribution in [2.75, 3.05) is 35.2 Å². The van der Waals surface area contributed by atoms with E-state index in [1.807, 2.05) is 4.90 Å². The van der Waals surface area contributed by atoms with Crippen LogP contribution in [0.3, 0.4) is 0 Å². The van der Waals surface area contributed by atoms with E-state index in [0.717, 1.165) is 0 Å². The number of nitriles is 1. The Kier molecular flexibility index (Phi) is 5.47. The van der Waals surface area contributed by atoms with Gasteiger partial charge >= 0.3 is 6.09 Å². The molecule has 1 atom stereocenters. The number of rotatable bonds is 2. The molecule has 2 saturated heterocycles. The second-order valence-electron chi connectivity index (χ2n) is 8.09. The molecule has 1 aromatic carbocycles. The van der Waals surface area contributed by atoms with Crippen molar-refractivity contribution in [1.29, 1.82) is 5.26 Å². The zero-order valence-electron chi connectivity index (χ0n) is 16.1. The molecule has 154 valence electrons. The molecule has 3 rings (SSSR count). The first-order valence-electron chi connectivity index (χ1n) is 9.00. The first-order chi connectivity index (χ1) is 13.0. The number of anilines is 2. The number of hydrogen-bond acceptors (Lipinski definition) is 6. The standard InChI is InChI=1S/C18H25ClN4O4S/c1-18(2,3)23(17(24)25)15-9-12(10-20)8-14(16(15)19)21-5-6-22-13(11-21)4-7-28(22,26)27/h8-9,13,26-27H,4-7,11H2,1-3H3,(H,24,25). The summed E-state index contributed by atoms with van der Waals surface area (Å²) in [6.07, 6.45) is -0.477. The molecular weight excluding hydrogens is 404 g/mol. The van der Waals surface area contributed by atoms with Crippen LogP contribution >= 0.6 is 22.4 Å². The van der Waals surface area contributed by atoms with Gasteiger partial charge in [0.1, 0.15) is 0 Å². The third-order valence-corrected chi connectivity index (χ3v) is 7.54. The monoisotopic (exact) mass is 428 g/mol. The van der Waals surface area contributed by atoms with E-state index >= 15 is 0 Å². The van der Waals surface area contributed by atoms with Crippen LogP contribution in [0, 0.1) is 11.3 Å². The van der Waals surface area contributed by atoms with Gasteiger partial charge in [-0.3, -0.25) is 14.0 Å². The van der Waals surface area contributed by atoms with Gasteiger partial charge in [-0.15, -0.1) is 10.8 Å². The van der Waals surface area contributed by atoms with Crippen molar-refractivity contribution in [3.05, 3.63) is 22.7 Å². The number of nitrogens with zero attached hydrogens (tertiary/aromatic N) is 4. The minimum atomic E-state index is -2.69. The van der Waals surface area contributed by atoms with Gasteiger partial charge in [-0.05, 0) is 39.3 Å². The van der Waals surface area contributed by atoms with Crippen molar-refractivity contribution < 1.29 is 19.0 Å². The molecular formula is C18H25ClN4O4S. The molecule has 2 aliphatic rings. The SMILES string of the molecule is CC(C)(C)N(C(=O)O)c1cc(C#N)cc(N2CCN3C(CCS3(O)O)C2)c1Cl. The number of carbonyl (C=O) groups is 1. The normalized spacial score (nSPS) is 23.0. The number of amides is 1. The lowest BCUT2D eigenvalue weighted by Gasteiger charge is -2.45. The lowest BCUT2D eigenvalue weighted by atomic mass is 10.0. The van der Waals surface area contributed by atoms with Gasteiger partial charge in [0.2, 0.25) is 0 Å². The van der Waals surface area contributed by atoms with Gasteiger partial charge in [0.05, 0.1) is 33.8 Å². The molecule has 0 aromatic heterocycles. The summed E-state index contributed by atoms with van der Waals surface area (Å²) in [6, 6.07) is 5.23. The van der Waals surface area contributed by atoms with E-state index in [9.17, 15) is 24.3 Å². The summed E-state index contributed by atoms with van der Waals surface area (Å²) in [7, 11) is -2.69. The highest BCUT2D eigenvalue weighted by Gasteiger charge is 2.41. The van der Waals surface area contributed by atoms with Gasteiger partial charge in [0.15, 0.2) is 0 Å². The average molecular weight is 429 g/mol. The van der Waals surface area contributed by atoms with Crippen molar-refractivity contribution >= 4 is 39.8 Å². The lowest BCUT2D eigenvalue weighted by molar-refractivity contribution is 0.195. The predicted octanol–water partition coefficient (Wildman–Crippen LogP) is 4.05. The Morgan fingerprint density at radius 1 is 1.36 bits per heavy atom. The molecule has 10 heteroatoms. The fraction of sp³-hybridized carbons (Fsp3) is 0.556. The molecule has 1 amide bonds. The first kappa shape index (κ1) is 21.0. The summed E-state index contributed by atoms with van der Waals surface area (Å²) < 4.78 is 22.1. The second kappa shape index (κ2) is 7.28. The third-order valence-electron chi connectivity index (χ3n) is 5.14.